The number of hydrogen-bond acceptors (Lipinski definition) is 4. The van der Waals surface area contributed by atoms with E-state index in [0.29, 0.717) is 4.88 Å². The average molecular weight is 270 g/mol. The maximum absolute atomic E-state index is 12.0. The van der Waals surface area contributed by atoms with Gasteiger partial charge in [-0.3, -0.25) is 9.59 Å². The Labute approximate surface area is 110 Å². The standard InChI is InChI=1S/C12H18N2O3S/c1-7(11(16)17)5-13-10(15)8-9(12(2,3)4)14-6-18-8/h6-7H,5H2,1-4H3,(H,13,15)(H,16,17)/t7-/m1/s1. The van der Waals surface area contributed by atoms with Crippen LogP contribution in [-0.2, 0) is 10.2 Å². The SMILES string of the molecule is C[C@H](CNC(=O)c1scnc1C(C)(C)C)C(=O)O. The van der Waals surface area contributed by atoms with Crippen LogP contribution < -0.4 is 5.32 Å². The molecule has 0 aliphatic rings. The van der Waals surface area contributed by atoms with Crippen molar-refractivity contribution in [2.75, 3.05) is 6.54 Å². The molecule has 100 valence electrons. The van der Waals surface area contributed by atoms with Gasteiger partial charge in [0.15, 0.2) is 0 Å². The molecule has 1 aromatic heterocycles. The molecule has 0 saturated heterocycles. The molecule has 18 heavy (non-hydrogen) atoms. The average Bonchev–Trinajstić information content (AvgIpc) is 2.73. The first-order chi connectivity index (χ1) is 8.23. The lowest BCUT2D eigenvalue weighted by molar-refractivity contribution is -0.140. The number of carbonyl (C=O) groups is 2. The van der Waals surface area contributed by atoms with Gasteiger partial charge in [-0.2, -0.15) is 0 Å². The molecule has 0 fully saturated rings. The normalized spacial score (nSPS) is 13.1. The van der Waals surface area contributed by atoms with Gasteiger partial charge in [0.25, 0.3) is 5.91 Å². The lowest BCUT2D eigenvalue weighted by Gasteiger charge is -2.17. The maximum atomic E-state index is 12.0. The molecule has 1 rings (SSSR count). The van der Waals surface area contributed by atoms with E-state index >= 15 is 0 Å². The van der Waals surface area contributed by atoms with Gasteiger partial charge in [-0.25, -0.2) is 4.98 Å². The van der Waals surface area contributed by atoms with Gasteiger partial charge in [0.2, 0.25) is 0 Å². The van der Waals surface area contributed by atoms with Crippen LogP contribution in [0.1, 0.15) is 43.1 Å². The number of rotatable bonds is 4. The summed E-state index contributed by atoms with van der Waals surface area (Å²) in [6, 6.07) is 0. The molecule has 1 atom stereocenters. The number of amides is 1. The van der Waals surface area contributed by atoms with Crippen molar-refractivity contribution in [3.63, 3.8) is 0 Å². The Morgan fingerprint density at radius 3 is 2.61 bits per heavy atom. The van der Waals surface area contributed by atoms with Gasteiger partial charge >= 0.3 is 5.97 Å². The molecular formula is C12H18N2O3S. The van der Waals surface area contributed by atoms with Gasteiger partial charge in [-0.15, -0.1) is 11.3 Å². The fraction of sp³-hybridized carbons (Fsp3) is 0.583. The Bertz CT molecular complexity index is 448. The zero-order valence-electron chi connectivity index (χ0n) is 11.0. The zero-order chi connectivity index (χ0) is 13.9. The van der Waals surface area contributed by atoms with Crippen molar-refractivity contribution >= 4 is 23.2 Å². The van der Waals surface area contributed by atoms with Crippen LogP contribution in [0, 0.1) is 5.92 Å². The summed E-state index contributed by atoms with van der Waals surface area (Å²) in [5.74, 6) is -1.77. The number of aliphatic carboxylic acids is 1. The van der Waals surface area contributed by atoms with E-state index in [4.69, 9.17) is 5.11 Å². The van der Waals surface area contributed by atoms with E-state index in [-0.39, 0.29) is 17.9 Å². The van der Waals surface area contributed by atoms with Crippen LogP contribution in [-0.4, -0.2) is 28.5 Å². The molecule has 0 aliphatic heterocycles. The van der Waals surface area contributed by atoms with E-state index in [1.165, 1.54) is 11.3 Å². The van der Waals surface area contributed by atoms with E-state index in [9.17, 15) is 9.59 Å². The summed E-state index contributed by atoms with van der Waals surface area (Å²) in [5.41, 5.74) is 2.18. The summed E-state index contributed by atoms with van der Waals surface area (Å²) >= 11 is 1.27. The predicted octanol–water partition coefficient (Wildman–Crippen LogP) is 1.89. The van der Waals surface area contributed by atoms with E-state index in [1.54, 1.807) is 12.4 Å². The highest BCUT2D eigenvalue weighted by atomic mass is 32.1. The number of hydrogen-bond donors (Lipinski definition) is 2. The lowest BCUT2D eigenvalue weighted by Crippen LogP contribution is -2.32. The van der Waals surface area contributed by atoms with Gasteiger partial charge in [0.05, 0.1) is 17.1 Å². The third-order valence-corrected chi connectivity index (χ3v) is 3.30. The monoisotopic (exact) mass is 270 g/mol. The van der Waals surface area contributed by atoms with E-state index in [1.807, 2.05) is 20.8 Å². The smallest absolute Gasteiger partial charge is 0.308 e. The first kappa shape index (κ1) is 14.6. The highest BCUT2D eigenvalue weighted by Crippen LogP contribution is 2.26. The molecule has 6 heteroatoms. The van der Waals surface area contributed by atoms with Crippen LogP contribution in [0.4, 0.5) is 0 Å². The quantitative estimate of drug-likeness (QED) is 0.875. The fourth-order valence-electron chi connectivity index (χ4n) is 1.35. The number of aromatic nitrogens is 1. The number of carboxylic acid groups (broad SMARTS) is 1. The molecule has 0 aromatic carbocycles. The summed E-state index contributed by atoms with van der Waals surface area (Å²) < 4.78 is 0. The molecule has 5 nitrogen and oxygen atoms in total. The second-order valence-corrected chi connectivity index (χ2v) is 6.08. The van der Waals surface area contributed by atoms with Crippen LogP contribution >= 0.6 is 11.3 Å². The Hall–Kier alpha value is -1.43. The van der Waals surface area contributed by atoms with Crippen LogP contribution in [0.15, 0.2) is 5.51 Å². The first-order valence-electron chi connectivity index (χ1n) is 5.68. The minimum atomic E-state index is -0.921. The lowest BCUT2D eigenvalue weighted by atomic mass is 9.91. The molecule has 0 bridgehead atoms. The first-order valence-corrected chi connectivity index (χ1v) is 6.56. The van der Waals surface area contributed by atoms with Gasteiger partial charge in [0, 0.05) is 12.0 Å². The number of carboxylic acids is 1. The molecule has 0 radical (unpaired) electrons. The third kappa shape index (κ3) is 3.53. The topological polar surface area (TPSA) is 79.3 Å². The van der Waals surface area contributed by atoms with Crippen molar-refractivity contribution < 1.29 is 14.7 Å². The zero-order valence-corrected chi connectivity index (χ0v) is 11.8. The molecule has 0 saturated carbocycles. The number of nitrogens with zero attached hydrogens (tertiary/aromatic N) is 1. The Balaban J connectivity index is 2.74. The van der Waals surface area contributed by atoms with Crippen molar-refractivity contribution in [2.24, 2.45) is 5.92 Å². The van der Waals surface area contributed by atoms with Crippen LogP contribution in [0.5, 0.6) is 0 Å². The minimum absolute atomic E-state index is 0.121. The van der Waals surface area contributed by atoms with Gasteiger partial charge < -0.3 is 10.4 Å². The molecule has 1 aromatic rings. The second kappa shape index (κ2) is 5.48. The third-order valence-electron chi connectivity index (χ3n) is 2.47. The summed E-state index contributed by atoms with van der Waals surface area (Å²) in [6.07, 6.45) is 0. The van der Waals surface area contributed by atoms with E-state index in [0.717, 1.165) is 5.69 Å². The highest BCUT2D eigenvalue weighted by molar-refractivity contribution is 7.11. The predicted molar refractivity (Wildman–Crippen MR) is 69.9 cm³/mol. The van der Waals surface area contributed by atoms with Crippen molar-refractivity contribution in [1.29, 1.82) is 0 Å². The van der Waals surface area contributed by atoms with Crippen molar-refractivity contribution in [1.82, 2.24) is 10.3 Å². The van der Waals surface area contributed by atoms with Crippen molar-refractivity contribution in [3.05, 3.63) is 16.1 Å². The number of thiazole rings is 1. The van der Waals surface area contributed by atoms with E-state index < -0.39 is 11.9 Å². The summed E-state index contributed by atoms with van der Waals surface area (Å²) in [5, 5.41) is 11.4. The second-order valence-electron chi connectivity index (χ2n) is 5.23. The fourth-order valence-corrected chi connectivity index (χ4v) is 2.27. The minimum Gasteiger partial charge on any atom is -0.481 e. The summed E-state index contributed by atoms with van der Waals surface area (Å²) in [4.78, 5) is 27.4. The van der Waals surface area contributed by atoms with Gasteiger partial charge in [-0.05, 0) is 0 Å². The van der Waals surface area contributed by atoms with Crippen molar-refractivity contribution in [3.8, 4) is 0 Å². The summed E-state index contributed by atoms with van der Waals surface area (Å²) in [7, 11) is 0. The summed E-state index contributed by atoms with van der Waals surface area (Å²) in [6.45, 7) is 7.63. The number of nitrogens with one attached hydrogen (secondary N) is 1. The van der Waals surface area contributed by atoms with Crippen LogP contribution in [0.2, 0.25) is 0 Å². The van der Waals surface area contributed by atoms with Crippen LogP contribution in [0.3, 0.4) is 0 Å². The van der Waals surface area contributed by atoms with Crippen LogP contribution in [0.25, 0.3) is 0 Å². The molecule has 2 N–H and O–H groups in total. The Morgan fingerprint density at radius 1 is 1.50 bits per heavy atom. The molecule has 0 unspecified atom stereocenters. The highest BCUT2D eigenvalue weighted by Gasteiger charge is 2.25. The van der Waals surface area contributed by atoms with Gasteiger partial charge in [-0.1, -0.05) is 27.7 Å². The van der Waals surface area contributed by atoms with E-state index in [2.05, 4.69) is 10.3 Å². The van der Waals surface area contributed by atoms with Gasteiger partial charge in [0.1, 0.15) is 4.88 Å². The largest absolute Gasteiger partial charge is 0.481 e. The molecular weight excluding hydrogens is 252 g/mol. The molecule has 0 spiro atoms. The molecule has 1 heterocycles. The molecule has 0 aliphatic carbocycles. The maximum Gasteiger partial charge on any atom is 0.308 e. The Kier molecular flexibility index (Phi) is 4.45. The number of carbonyl (C=O) groups excluding carboxylic acids is 1. The van der Waals surface area contributed by atoms with Crippen molar-refractivity contribution in [2.45, 2.75) is 33.1 Å². The molecule has 1 amide bonds. The Morgan fingerprint density at radius 2 is 2.11 bits per heavy atom.